The van der Waals surface area contributed by atoms with Gasteiger partial charge < -0.3 is 10.2 Å². The molecule has 1 atom stereocenters. The molecule has 3 rings (SSSR count). The first kappa shape index (κ1) is 18.4. The third kappa shape index (κ3) is 3.87. The maximum absolute atomic E-state index is 12.8. The van der Waals surface area contributed by atoms with E-state index in [0.29, 0.717) is 24.0 Å². The molecule has 9 heteroatoms. The Labute approximate surface area is 152 Å². The zero-order chi connectivity index (χ0) is 18.9. The predicted molar refractivity (Wildman–Crippen MR) is 96.7 cm³/mol. The van der Waals surface area contributed by atoms with Crippen molar-refractivity contribution in [2.75, 3.05) is 24.6 Å². The summed E-state index contributed by atoms with van der Waals surface area (Å²) in [6.45, 7) is 3.97. The van der Waals surface area contributed by atoms with E-state index in [0.717, 1.165) is 5.56 Å². The van der Waals surface area contributed by atoms with Crippen LogP contribution >= 0.6 is 0 Å². The largest absolute Gasteiger partial charge is 0.351 e. The van der Waals surface area contributed by atoms with Crippen LogP contribution in [0, 0.1) is 6.92 Å². The average molecular weight is 378 g/mol. The van der Waals surface area contributed by atoms with Gasteiger partial charge in [0, 0.05) is 18.8 Å². The molecule has 26 heavy (non-hydrogen) atoms. The second-order valence-electron chi connectivity index (χ2n) is 6.58. The molecule has 8 nitrogen and oxygen atoms in total. The number of likely N-dealkylation sites (N-methyl/N-ethyl adjacent to an activating group) is 1. The van der Waals surface area contributed by atoms with Gasteiger partial charge in [0.2, 0.25) is 5.91 Å². The SMILES string of the molecule is CCN(CC(=O)NC1CCS(=O)(=O)C1)C(=O)c1cnn2ccc(C)cc12. The minimum atomic E-state index is -3.06. The van der Waals surface area contributed by atoms with Crippen molar-refractivity contribution in [1.29, 1.82) is 0 Å². The third-order valence-electron chi connectivity index (χ3n) is 4.51. The minimum absolute atomic E-state index is 0.0356. The predicted octanol–water partition coefficient (Wildman–Crippen LogP) is 0.408. The summed E-state index contributed by atoms with van der Waals surface area (Å²) in [4.78, 5) is 26.5. The standard InChI is InChI=1S/C17H22N4O4S/c1-3-20(10-16(22)19-13-5-7-26(24,25)11-13)17(23)14-9-18-21-6-4-12(2)8-15(14)21/h4,6,8-9,13H,3,5,7,10-11H2,1-2H3,(H,19,22). The summed E-state index contributed by atoms with van der Waals surface area (Å²) in [6, 6.07) is 3.40. The molecule has 3 heterocycles. The molecule has 0 aromatic carbocycles. The normalized spacial score (nSPS) is 18.8. The van der Waals surface area contributed by atoms with Crippen LogP contribution in [0.4, 0.5) is 0 Å². The van der Waals surface area contributed by atoms with Crippen LogP contribution in [0.1, 0.15) is 29.3 Å². The fourth-order valence-electron chi connectivity index (χ4n) is 3.10. The lowest BCUT2D eigenvalue weighted by molar-refractivity contribution is -0.122. The molecule has 1 saturated heterocycles. The Hall–Kier alpha value is -2.42. The van der Waals surface area contributed by atoms with Gasteiger partial charge in [-0.25, -0.2) is 12.9 Å². The molecule has 1 fully saturated rings. The number of aryl methyl sites for hydroxylation is 1. The van der Waals surface area contributed by atoms with E-state index in [9.17, 15) is 18.0 Å². The molecular weight excluding hydrogens is 356 g/mol. The molecule has 0 radical (unpaired) electrons. The lowest BCUT2D eigenvalue weighted by Crippen LogP contribution is -2.44. The van der Waals surface area contributed by atoms with Crippen molar-refractivity contribution in [3.8, 4) is 0 Å². The van der Waals surface area contributed by atoms with Gasteiger partial charge in [-0.1, -0.05) is 0 Å². The molecule has 140 valence electrons. The van der Waals surface area contributed by atoms with Crippen LogP contribution in [0.15, 0.2) is 24.5 Å². The van der Waals surface area contributed by atoms with Crippen molar-refractivity contribution in [2.24, 2.45) is 0 Å². The highest BCUT2D eigenvalue weighted by molar-refractivity contribution is 7.91. The summed E-state index contributed by atoms with van der Waals surface area (Å²) in [6.07, 6.45) is 3.70. The van der Waals surface area contributed by atoms with E-state index in [4.69, 9.17) is 0 Å². The second kappa shape index (κ2) is 7.06. The van der Waals surface area contributed by atoms with Gasteiger partial charge in [0.1, 0.15) is 0 Å². The average Bonchev–Trinajstić information content (AvgIpc) is 3.14. The van der Waals surface area contributed by atoms with Crippen molar-refractivity contribution in [1.82, 2.24) is 19.8 Å². The highest BCUT2D eigenvalue weighted by Crippen LogP contribution is 2.15. The number of fused-ring (bicyclic) bond motifs is 1. The van der Waals surface area contributed by atoms with E-state index in [1.54, 1.807) is 17.6 Å². The molecular formula is C17H22N4O4S. The van der Waals surface area contributed by atoms with E-state index in [-0.39, 0.29) is 35.9 Å². The first-order valence-electron chi connectivity index (χ1n) is 8.52. The molecule has 0 aliphatic carbocycles. The van der Waals surface area contributed by atoms with E-state index < -0.39 is 9.84 Å². The molecule has 1 unspecified atom stereocenters. The molecule has 2 aromatic heterocycles. The van der Waals surface area contributed by atoms with Crippen LogP contribution < -0.4 is 5.32 Å². The zero-order valence-corrected chi connectivity index (χ0v) is 15.6. The number of pyridine rings is 1. The number of sulfone groups is 1. The number of nitrogens with zero attached hydrogens (tertiary/aromatic N) is 3. The number of amides is 2. The maximum Gasteiger partial charge on any atom is 0.258 e. The van der Waals surface area contributed by atoms with Gasteiger partial charge in [0.15, 0.2) is 9.84 Å². The first-order valence-corrected chi connectivity index (χ1v) is 10.3. The van der Waals surface area contributed by atoms with Crippen LogP contribution in [0.3, 0.4) is 0 Å². The topological polar surface area (TPSA) is 101 Å². The Morgan fingerprint density at radius 2 is 2.19 bits per heavy atom. The summed E-state index contributed by atoms with van der Waals surface area (Å²) in [7, 11) is -3.06. The van der Waals surface area contributed by atoms with Gasteiger partial charge in [0.05, 0.1) is 35.3 Å². The van der Waals surface area contributed by atoms with Gasteiger partial charge in [-0.3, -0.25) is 9.59 Å². The van der Waals surface area contributed by atoms with Gasteiger partial charge in [0.25, 0.3) is 5.91 Å². The Kier molecular flexibility index (Phi) is 4.99. The summed E-state index contributed by atoms with van der Waals surface area (Å²) < 4.78 is 24.6. The van der Waals surface area contributed by atoms with Gasteiger partial charge in [-0.15, -0.1) is 0 Å². The number of aromatic nitrogens is 2. The van der Waals surface area contributed by atoms with Crippen molar-refractivity contribution < 1.29 is 18.0 Å². The van der Waals surface area contributed by atoms with Gasteiger partial charge in [-0.05, 0) is 38.0 Å². The Balaban J connectivity index is 1.70. The molecule has 0 bridgehead atoms. The Morgan fingerprint density at radius 3 is 2.85 bits per heavy atom. The quantitative estimate of drug-likeness (QED) is 0.812. The van der Waals surface area contributed by atoms with Crippen molar-refractivity contribution in [2.45, 2.75) is 26.3 Å². The van der Waals surface area contributed by atoms with E-state index in [2.05, 4.69) is 10.4 Å². The fourth-order valence-corrected chi connectivity index (χ4v) is 4.78. The van der Waals surface area contributed by atoms with Crippen LogP contribution in [0.25, 0.3) is 5.52 Å². The van der Waals surface area contributed by atoms with Crippen molar-refractivity contribution >= 4 is 27.2 Å². The number of rotatable bonds is 5. The fraction of sp³-hybridized carbons (Fsp3) is 0.471. The van der Waals surface area contributed by atoms with Crippen LogP contribution in [0.2, 0.25) is 0 Å². The number of carbonyl (C=O) groups is 2. The molecule has 2 aromatic rings. The second-order valence-corrected chi connectivity index (χ2v) is 8.81. The monoisotopic (exact) mass is 378 g/mol. The summed E-state index contributed by atoms with van der Waals surface area (Å²) >= 11 is 0. The third-order valence-corrected chi connectivity index (χ3v) is 6.28. The lowest BCUT2D eigenvalue weighted by atomic mass is 10.2. The first-order chi connectivity index (χ1) is 12.3. The highest BCUT2D eigenvalue weighted by Gasteiger charge is 2.29. The van der Waals surface area contributed by atoms with Crippen molar-refractivity contribution in [3.05, 3.63) is 35.7 Å². The zero-order valence-electron chi connectivity index (χ0n) is 14.8. The Bertz CT molecular complexity index is 951. The number of hydrogen-bond donors (Lipinski definition) is 1. The number of hydrogen-bond acceptors (Lipinski definition) is 5. The van der Waals surface area contributed by atoms with Crippen LogP contribution in [-0.2, 0) is 14.6 Å². The summed E-state index contributed by atoms with van der Waals surface area (Å²) in [5.74, 6) is -0.570. The van der Waals surface area contributed by atoms with Crippen LogP contribution in [-0.4, -0.2) is 65.4 Å². The van der Waals surface area contributed by atoms with E-state index in [1.165, 1.54) is 11.1 Å². The van der Waals surface area contributed by atoms with Gasteiger partial charge >= 0.3 is 0 Å². The minimum Gasteiger partial charge on any atom is -0.351 e. The Morgan fingerprint density at radius 1 is 1.42 bits per heavy atom. The van der Waals surface area contributed by atoms with E-state index in [1.807, 2.05) is 19.1 Å². The smallest absolute Gasteiger partial charge is 0.258 e. The van der Waals surface area contributed by atoms with E-state index >= 15 is 0 Å². The van der Waals surface area contributed by atoms with Crippen LogP contribution in [0.5, 0.6) is 0 Å². The highest BCUT2D eigenvalue weighted by atomic mass is 32.2. The molecule has 0 saturated carbocycles. The lowest BCUT2D eigenvalue weighted by Gasteiger charge is -2.21. The molecule has 2 amide bonds. The number of nitrogens with one attached hydrogen (secondary N) is 1. The summed E-state index contributed by atoms with van der Waals surface area (Å²) in [5, 5.41) is 6.89. The molecule has 0 spiro atoms. The molecule has 1 aliphatic rings. The van der Waals surface area contributed by atoms with Gasteiger partial charge in [-0.2, -0.15) is 5.10 Å². The summed E-state index contributed by atoms with van der Waals surface area (Å²) in [5.41, 5.74) is 2.14. The molecule has 1 aliphatic heterocycles. The maximum atomic E-state index is 12.8. The van der Waals surface area contributed by atoms with Crippen molar-refractivity contribution in [3.63, 3.8) is 0 Å². The number of carbonyl (C=O) groups excluding carboxylic acids is 2. The molecule has 1 N–H and O–H groups in total.